The lowest BCUT2D eigenvalue weighted by Gasteiger charge is -2.35. The molecule has 1 fully saturated rings. The van der Waals surface area contributed by atoms with Gasteiger partial charge < -0.3 is 10.6 Å². The van der Waals surface area contributed by atoms with Gasteiger partial charge in [-0.25, -0.2) is 15.0 Å². The van der Waals surface area contributed by atoms with Gasteiger partial charge in [0, 0.05) is 23.5 Å². The van der Waals surface area contributed by atoms with Crippen LogP contribution in [0.25, 0.3) is 0 Å². The number of aromatic nitrogens is 3. The molecule has 2 aromatic heterocycles. The van der Waals surface area contributed by atoms with E-state index in [9.17, 15) is 9.59 Å². The quantitative estimate of drug-likeness (QED) is 0.612. The van der Waals surface area contributed by atoms with E-state index in [4.69, 9.17) is 0 Å². The van der Waals surface area contributed by atoms with Crippen LogP contribution in [0.2, 0.25) is 0 Å². The smallest absolute Gasteiger partial charge is 0.259 e. The van der Waals surface area contributed by atoms with Crippen molar-refractivity contribution < 1.29 is 9.59 Å². The summed E-state index contributed by atoms with van der Waals surface area (Å²) >= 11 is 1.38. The van der Waals surface area contributed by atoms with Gasteiger partial charge in [-0.3, -0.25) is 14.5 Å². The molecule has 2 amide bonds. The third-order valence-corrected chi connectivity index (χ3v) is 5.86. The first kappa shape index (κ1) is 21.1. The number of rotatable bonds is 6. The van der Waals surface area contributed by atoms with E-state index in [1.54, 1.807) is 12.4 Å². The van der Waals surface area contributed by atoms with Gasteiger partial charge in [0.25, 0.3) is 5.91 Å². The average Bonchev–Trinajstić information content (AvgIpc) is 3.27. The number of anilines is 2. The molecule has 3 heterocycles. The summed E-state index contributed by atoms with van der Waals surface area (Å²) in [6, 6.07) is 9.17. The molecule has 8 nitrogen and oxygen atoms in total. The van der Waals surface area contributed by atoms with Gasteiger partial charge in [0.15, 0.2) is 5.13 Å². The molecule has 4 rings (SSSR count). The highest BCUT2D eigenvalue weighted by molar-refractivity contribution is 7.13. The molecule has 1 aliphatic heterocycles. The van der Waals surface area contributed by atoms with Gasteiger partial charge in [-0.05, 0) is 38.4 Å². The van der Waals surface area contributed by atoms with Crippen molar-refractivity contribution in [2.75, 3.05) is 23.7 Å². The molecule has 0 bridgehead atoms. The van der Waals surface area contributed by atoms with Gasteiger partial charge in [0.2, 0.25) is 5.91 Å². The van der Waals surface area contributed by atoms with Crippen molar-refractivity contribution >= 4 is 34.0 Å². The first-order valence-corrected chi connectivity index (χ1v) is 11.1. The van der Waals surface area contributed by atoms with Gasteiger partial charge >= 0.3 is 0 Å². The summed E-state index contributed by atoms with van der Waals surface area (Å²) < 4.78 is 0. The average molecular weight is 437 g/mol. The lowest BCUT2D eigenvalue weighted by Crippen LogP contribution is -2.40. The van der Waals surface area contributed by atoms with Crippen LogP contribution in [0.3, 0.4) is 0 Å². The molecule has 0 aliphatic carbocycles. The monoisotopic (exact) mass is 436 g/mol. The third-order valence-electron chi connectivity index (χ3n) is 5.17. The zero-order chi connectivity index (χ0) is 21.6. The summed E-state index contributed by atoms with van der Waals surface area (Å²) in [7, 11) is 0. The number of hydrogen-bond acceptors (Lipinski definition) is 7. The lowest BCUT2D eigenvalue weighted by atomic mass is 9.96. The molecule has 1 aliphatic rings. The number of nitrogens with one attached hydrogen (secondary N) is 2. The molecule has 3 aromatic rings. The highest BCUT2D eigenvalue weighted by atomic mass is 32.1. The number of hydrogen-bond donors (Lipinski definition) is 2. The largest absolute Gasteiger partial charge is 0.322 e. The predicted molar refractivity (Wildman–Crippen MR) is 120 cm³/mol. The van der Waals surface area contributed by atoms with Gasteiger partial charge in [-0.15, -0.1) is 11.3 Å². The maximum Gasteiger partial charge on any atom is 0.259 e. The molecule has 1 atom stereocenters. The van der Waals surface area contributed by atoms with Crippen LogP contribution in [0.4, 0.5) is 10.8 Å². The minimum atomic E-state index is -0.251. The number of likely N-dealkylation sites (tertiary alicyclic amines) is 1. The molecule has 160 valence electrons. The van der Waals surface area contributed by atoms with E-state index in [2.05, 4.69) is 30.5 Å². The van der Waals surface area contributed by atoms with Gasteiger partial charge in [-0.2, -0.15) is 0 Å². The maximum atomic E-state index is 13.0. The standard InChI is InChI=1S/C22H24N6O2S/c1-15-24-13-17(21(30)26-16-7-3-2-4-8-16)20(25-15)18-9-5-6-11-28(18)14-19(29)27-22-23-10-12-31-22/h2-4,7-8,10,12-13,18H,5-6,9,11,14H2,1H3,(H,26,30)(H,23,27,29). The number of nitrogens with zero attached hydrogens (tertiary/aromatic N) is 4. The fourth-order valence-corrected chi connectivity index (χ4v) is 4.30. The second-order valence-electron chi connectivity index (χ2n) is 7.40. The molecule has 0 saturated carbocycles. The van der Waals surface area contributed by atoms with Crippen LogP contribution >= 0.6 is 11.3 Å². The number of carbonyl (C=O) groups is 2. The highest BCUT2D eigenvalue weighted by Crippen LogP contribution is 2.32. The SMILES string of the molecule is Cc1ncc(C(=O)Nc2ccccc2)c(C2CCCCN2CC(=O)Nc2nccs2)n1. The van der Waals surface area contributed by atoms with Crippen molar-refractivity contribution in [3.8, 4) is 0 Å². The van der Waals surface area contributed by atoms with Crippen LogP contribution in [0.1, 0.15) is 47.2 Å². The Morgan fingerprint density at radius 2 is 2.00 bits per heavy atom. The molecule has 1 saturated heterocycles. The maximum absolute atomic E-state index is 13.0. The van der Waals surface area contributed by atoms with E-state index >= 15 is 0 Å². The number of aryl methyl sites for hydroxylation is 1. The summed E-state index contributed by atoms with van der Waals surface area (Å²) in [5.41, 5.74) is 1.82. The van der Waals surface area contributed by atoms with E-state index in [-0.39, 0.29) is 24.4 Å². The minimum absolute atomic E-state index is 0.122. The number of piperidine rings is 1. The molecular weight excluding hydrogens is 412 g/mol. The fourth-order valence-electron chi connectivity index (χ4n) is 3.75. The molecule has 1 unspecified atom stereocenters. The van der Waals surface area contributed by atoms with Gasteiger partial charge in [0.05, 0.1) is 23.8 Å². The third kappa shape index (κ3) is 5.31. The predicted octanol–water partition coefficient (Wildman–Crippen LogP) is 3.66. The number of benzene rings is 1. The zero-order valence-electron chi connectivity index (χ0n) is 17.2. The summed E-state index contributed by atoms with van der Waals surface area (Å²) in [6.45, 7) is 2.79. The summed E-state index contributed by atoms with van der Waals surface area (Å²) in [5, 5.41) is 8.16. The Morgan fingerprint density at radius 3 is 2.77 bits per heavy atom. The van der Waals surface area contributed by atoms with Crippen LogP contribution in [-0.2, 0) is 4.79 Å². The van der Waals surface area contributed by atoms with Gasteiger partial charge in [0.1, 0.15) is 5.82 Å². The molecule has 0 spiro atoms. The Kier molecular flexibility index (Phi) is 6.63. The van der Waals surface area contributed by atoms with E-state index < -0.39 is 0 Å². The minimum Gasteiger partial charge on any atom is -0.322 e. The van der Waals surface area contributed by atoms with Crippen molar-refractivity contribution in [2.45, 2.75) is 32.2 Å². The Bertz CT molecular complexity index is 1040. The fraction of sp³-hybridized carbons (Fsp3) is 0.318. The molecule has 1 aromatic carbocycles. The Balaban J connectivity index is 1.56. The molecule has 9 heteroatoms. The van der Waals surface area contributed by atoms with Crippen molar-refractivity contribution in [1.82, 2.24) is 19.9 Å². The van der Waals surface area contributed by atoms with Crippen molar-refractivity contribution in [2.24, 2.45) is 0 Å². The highest BCUT2D eigenvalue weighted by Gasteiger charge is 2.30. The van der Waals surface area contributed by atoms with E-state index in [0.29, 0.717) is 27.9 Å². The summed E-state index contributed by atoms with van der Waals surface area (Å²) in [5.74, 6) is 0.228. The molecule has 2 N–H and O–H groups in total. The number of thiazole rings is 1. The lowest BCUT2D eigenvalue weighted by molar-refractivity contribution is -0.118. The van der Waals surface area contributed by atoms with E-state index in [1.165, 1.54) is 11.3 Å². The van der Waals surface area contributed by atoms with Crippen LogP contribution in [0.5, 0.6) is 0 Å². The Labute approximate surface area is 184 Å². The summed E-state index contributed by atoms with van der Waals surface area (Å²) in [6.07, 6.45) is 6.07. The first-order chi connectivity index (χ1) is 15.1. The van der Waals surface area contributed by atoms with Crippen molar-refractivity contribution in [3.63, 3.8) is 0 Å². The van der Waals surface area contributed by atoms with Crippen LogP contribution in [-0.4, -0.2) is 44.8 Å². The normalized spacial score (nSPS) is 16.6. The topological polar surface area (TPSA) is 100 Å². The first-order valence-electron chi connectivity index (χ1n) is 10.2. The molecule has 31 heavy (non-hydrogen) atoms. The van der Waals surface area contributed by atoms with E-state index in [0.717, 1.165) is 25.8 Å². The van der Waals surface area contributed by atoms with Crippen molar-refractivity contribution in [3.05, 3.63) is 65.2 Å². The number of para-hydroxylation sites is 1. The second kappa shape index (κ2) is 9.76. The van der Waals surface area contributed by atoms with Crippen LogP contribution in [0.15, 0.2) is 48.1 Å². The molecule has 0 radical (unpaired) electrons. The van der Waals surface area contributed by atoms with Crippen LogP contribution in [0, 0.1) is 6.92 Å². The number of carbonyl (C=O) groups excluding carboxylic acids is 2. The molecular formula is C22H24N6O2S. The van der Waals surface area contributed by atoms with Gasteiger partial charge in [-0.1, -0.05) is 24.6 Å². The van der Waals surface area contributed by atoms with Crippen LogP contribution < -0.4 is 10.6 Å². The Morgan fingerprint density at radius 1 is 1.16 bits per heavy atom. The Hall–Kier alpha value is -3.17. The number of amides is 2. The zero-order valence-corrected chi connectivity index (χ0v) is 18.1. The van der Waals surface area contributed by atoms with E-state index in [1.807, 2.05) is 42.6 Å². The summed E-state index contributed by atoms with van der Waals surface area (Å²) in [4.78, 5) is 40.7. The second-order valence-corrected chi connectivity index (χ2v) is 8.30. The van der Waals surface area contributed by atoms with Crippen molar-refractivity contribution in [1.29, 1.82) is 0 Å².